The third-order valence-corrected chi connectivity index (χ3v) is 6.58. The van der Waals surface area contributed by atoms with E-state index in [2.05, 4.69) is 10.2 Å². The summed E-state index contributed by atoms with van der Waals surface area (Å²) in [5.41, 5.74) is 2.59. The van der Waals surface area contributed by atoms with Crippen LogP contribution in [0.1, 0.15) is 21.5 Å². The fourth-order valence-corrected chi connectivity index (χ4v) is 4.48. The number of imide groups is 2. The molecule has 0 aliphatic carbocycles. The Morgan fingerprint density at radius 1 is 0.950 bits per heavy atom. The Kier molecular flexibility index (Phi) is 7.92. The minimum absolute atomic E-state index is 0.156. The summed E-state index contributed by atoms with van der Waals surface area (Å²) in [6.07, 6.45) is 0. The van der Waals surface area contributed by atoms with Crippen molar-refractivity contribution in [3.05, 3.63) is 83.4 Å². The van der Waals surface area contributed by atoms with Gasteiger partial charge in [-0.1, -0.05) is 30.3 Å². The van der Waals surface area contributed by atoms with Gasteiger partial charge < -0.3 is 24.4 Å². The molecule has 3 aromatic carbocycles. The van der Waals surface area contributed by atoms with Gasteiger partial charge in [0.2, 0.25) is 0 Å². The number of amides is 5. The first-order valence-corrected chi connectivity index (χ1v) is 12.7. The number of nitrogens with zero attached hydrogens (tertiary/aromatic N) is 2. The zero-order valence-corrected chi connectivity index (χ0v) is 21.8. The first kappa shape index (κ1) is 26.7. The quantitative estimate of drug-likeness (QED) is 0.311. The van der Waals surface area contributed by atoms with E-state index < -0.39 is 23.8 Å². The summed E-state index contributed by atoms with van der Waals surface area (Å²) < 4.78 is 17.0. The molecular formula is C29H28N4O7. The van der Waals surface area contributed by atoms with E-state index in [-0.39, 0.29) is 18.7 Å². The summed E-state index contributed by atoms with van der Waals surface area (Å²) in [6, 6.07) is 19.2. The molecule has 0 bridgehead atoms. The second kappa shape index (κ2) is 11.9. The second-order valence-electron chi connectivity index (χ2n) is 9.18. The summed E-state index contributed by atoms with van der Waals surface area (Å²) in [7, 11) is 1.44. The number of morpholine rings is 1. The van der Waals surface area contributed by atoms with Crippen molar-refractivity contribution in [3.63, 3.8) is 0 Å². The molecule has 40 heavy (non-hydrogen) atoms. The number of carbonyl (C=O) groups excluding carboxylic acids is 4. The van der Waals surface area contributed by atoms with Crippen LogP contribution in [-0.4, -0.2) is 62.1 Å². The summed E-state index contributed by atoms with van der Waals surface area (Å²) in [5, 5.41) is 4.81. The lowest BCUT2D eigenvalue weighted by molar-refractivity contribution is -0.140. The van der Waals surface area contributed by atoms with Gasteiger partial charge in [-0.15, -0.1) is 0 Å². The minimum atomic E-state index is -0.978. The molecule has 11 heteroatoms. The number of urea groups is 1. The highest BCUT2D eigenvalue weighted by atomic mass is 16.5. The molecule has 2 fully saturated rings. The van der Waals surface area contributed by atoms with Gasteiger partial charge in [-0.2, -0.15) is 0 Å². The first-order chi connectivity index (χ1) is 19.4. The normalized spacial score (nSPS) is 15.2. The monoisotopic (exact) mass is 544 g/mol. The molecule has 0 saturated carbocycles. The number of para-hydroxylation sites is 2. The van der Waals surface area contributed by atoms with Crippen molar-refractivity contribution in [1.29, 1.82) is 0 Å². The highest BCUT2D eigenvalue weighted by molar-refractivity contribution is 6.44. The van der Waals surface area contributed by atoms with Crippen molar-refractivity contribution in [2.24, 2.45) is 0 Å². The molecule has 11 nitrogen and oxygen atoms in total. The Morgan fingerprint density at radius 2 is 1.68 bits per heavy atom. The fraction of sp³-hybridized carbons (Fsp3) is 0.241. The van der Waals surface area contributed by atoms with E-state index in [0.717, 1.165) is 35.0 Å². The van der Waals surface area contributed by atoms with Crippen LogP contribution < -0.4 is 25.0 Å². The van der Waals surface area contributed by atoms with Crippen LogP contribution in [0.4, 0.5) is 10.5 Å². The lowest BCUT2D eigenvalue weighted by Gasteiger charge is -2.30. The average Bonchev–Trinajstić information content (AvgIpc) is 3.23. The largest absolute Gasteiger partial charge is 0.496 e. The van der Waals surface area contributed by atoms with E-state index >= 15 is 0 Å². The Hall–Kier alpha value is -4.90. The Morgan fingerprint density at radius 3 is 2.38 bits per heavy atom. The number of benzene rings is 3. The molecule has 0 radical (unpaired) electrons. The van der Waals surface area contributed by atoms with E-state index in [4.69, 9.17) is 14.2 Å². The molecule has 2 saturated heterocycles. The van der Waals surface area contributed by atoms with Crippen LogP contribution in [0, 0.1) is 0 Å². The zero-order valence-electron chi connectivity index (χ0n) is 21.8. The molecule has 2 heterocycles. The summed E-state index contributed by atoms with van der Waals surface area (Å²) in [4.78, 5) is 51.3. The Labute approximate surface area is 230 Å². The Bertz CT molecular complexity index is 1430. The molecule has 3 aromatic rings. The fourth-order valence-electron chi connectivity index (χ4n) is 4.48. The molecule has 2 aliphatic rings. The zero-order chi connectivity index (χ0) is 28.1. The SMILES string of the molecule is COc1ccc(CN2C(=O)NC(=O)C2=O)cc1C(=O)NCc1ccc(Oc2ccccc2N2CCOCC2)cc1. The van der Waals surface area contributed by atoms with E-state index in [1.807, 2.05) is 53.8 Å². The molecule has 2 aliphatic heterocycles. The maximum Gasteiger partial charge on any atom is 0.331 e. The van der Waals surface area contributed by atoms with E-state index in [9.17, 15) is 19.2 Å². The topological polar surface area (TPSA) is 127 Å². The number of hydrogen-bond acceptors (Lipinski definition) is 8. The molecule has 5 amide bonds. The minimum Gasteiger partial charge on any atom is -0.496 e. The van der Waals surface area contributed by atoms with Crippen molar-refractivity contribution in [2.75, 3.05) is 38.3 Å². The van der Waals surface area contributed by atoms with Crippen LogP contribution in [0.25, 0.3) is 0 Å². The molecular weight excluding hydrogens is 516 g/mol. The van der Waals surface area contributed by atoms with Crippen LogP contribution in [-0.2, 0) is 27.4 Å². The molecule has 5 rings (SSSR count). The van der Waals surface area contributed by atoms with Gasteiger partial charge in [0.25, 0.3) is 5.91 Å². The summed E-state index contributed by atoms with van der Waals surface area (Å²) >= 11 is 0. The van der Waals surface area contributed by atoms with Crippen LogP contribution in [0.5, 0.6) is 17.2 Å². The van der Waals surface area contributed by atoms with Crippen LogP contribution in [0.3, 0.4) is 0 Å². The first-order valence-electron chi connectivity index (χ1n) is 12.7. The summed E-state index contributed by atoms with van der Waals surface area (Å²) in [6.45, 7) is 3.06. The van der Waals surface area contributed by atoms with Gasteiger partial charge >= 0.3 is 17.8 Å². The van der Waals surface area contributed by atoms with Gasteiger partial charge in [0.05, 0.1) is 38.1 Å². The van der Waals surface area contributed by atoms with Gasteiger partial charge in [0, 0.05) is 19.6 Å². The lowest BCUT2D eigenvalue weighted by Crippen LogP contribution is -2.36. The Balaban J connectivity index is 1.22. The van der Waals surface area contributed by atoms with Gasteiger partial charge in [-0.05, 0) is 47.5 Å². The third-order valence-electron chi connectivity index (χ3n) is 6.58. The number of methoxy groups -OCH3 is 1. The molecule has 2 N–H and O–H groups in total. The number of anilines is 1. The van der Waals surface area contributed by atoms with Crippen molar-refractivity contribution >= 4 is 29.4 Å². The van der Waals surface area contributed by atoms with Gasteiger partial charge in [-0.3, -0.25) is 24.6 Å². The van der Waals surface area contributed by atoms with E-state index in [0.29, 0.717) is 30.3 Å². The number of rotatable bonds is 9. The predicted molar refractivity (Wildman–Crippen MR) is 144 cm³/mol. The number of carbonyl (C=O) groups is 4. The lowest BCUT2D eigenvalue weighted by atomic mass is 10.1. The van der Waals surface area contributed by atoms with Crippen LogP contribution in [0.2, 0.25) is 0 Å². The molecule has 0 spiro atoms. The van der Waals surface area contributed by atoms with Crippen LogP contribution >= 0.6 is 0 Å². The number of hydrogen-bond donors (Lipinski definition) is 2. The highest BCUT2D eigenvalue weighted by Gasteiger charge is 2.36. The maximum absolute atomic E-state index is 13.0. The maximum atomic E-state index is 13.0. The third kappa shape index (κ3) is 5.89. The number of ether oxygens (including phenoxy) is 3. The van der Waals surface area contributed by atoms with Gasteiger partial charge in [-0.25, -0.2) is 4.79 Å². The number of nitrogens with one attached hydrogen (secondary N) is 2. The molecule has 0 unspecified atom stereocenters. The smallest absolute Gasteiger partial charge is 0.331 e. The predicted octanol–water partition coefficient (Wildman–Crippen LogP) is 2.83. The van der Waals surface area contributed by atoms with Crippen molar-refractivity contribution < 1.29 is 33.4 Å². The summed E-state index contributed by atoms with van der Waals surface area (Å²) in [5.74, 6) is -0.555. The van der Waals surface area contributed by atoms with Crippen molar-refractivity contribution in [2.45, 2.75) is 13.1 Å². The van der Waals surface area contributed by atoms with Crippen molar-refractivity contribution in [1.82, 2.24) is 15.5 Å². The molecule has 0 atom stereocenters. The highest BCUT2D eigenvalue weighted by Crippen LogP contribution is 2.32. The van der Waals surface area contributed by atoms with Gasteiger partial charge in [0.15, 0.2) is 5.75 Å². The van der Waals surface area contributed by atoms with E-state index in [1.165, 1.54) is 13.2 Å². The van der Waals surface area contributed by atoms with Crippen molar-refractivity contribution in [3.8, 4) is 17.2 Å². The van der Waals surface area contributed by atoms with E-state index in [1.54, 1.807) is 12.1 Å². The average molecular weight is 545 g/mol. The van der Waals surface area contributed by atoms with Crippen LogP contribution in [0.15, 0.2) is 66.7 Å². The second-order valence-corrected chi connectivity index (χ2v) is 9.18. The standard InChI is InChI=1S/C29H28N4O7/c1-38-24-11-8-20(18-33-28(36)27(35)31-29(33)37)16-22(24)26(34)30-17-19-6-9-21(10-7-19)40-25-5-3-2-4-23(25)32-12-14-39-15-13-32/h2-11,16H,12-15,17-18H2,1H3,(H,30,34)(H,31,35,37). The van der Waals surface area contributed by atoms with Gasteiger partial charge in [0.1, 0.15) is 11.5 Å². The molecule has 0 aromatic heterocycles. The molecule has 206 valence electrons.